The van der Waals surface area contributed by atoms with Crippen molar-refractivity contribution < 1.29 is 4.79 Å². The van der Waals surface area contributed by atoms with E-state index in [1.54, 1.807) is 12.3 Å². The minimum Gasteiger partial charge on any atom is -0.317 e. The Hall–Kier alpha value is -1.72. The summed E-state index contributed by atoms with van der Waals surface area (Å²) in [4.78, 5) is 12.3. The quantitative estimate of drug-likeness (QED) is 0.880. The van der Waals surface area contributed by atoms with Crippen molar-refractivity contribution in [1.82, 2.24) is 20.3 Å². The molecule has 0 radical (unpaired) electrons. The van der Waals surface area contributed by atoms with Crippen LogP contribution >= 0.6 is 11.6 Å². The normalized spacial score (nSPS) is 16.0. The second kappa shape index (κ2) is 6.37. The molecule has 1 aromatic carbocycles. The van der Waals surface area contributed by atoms with Crippen LogP contribution in [0.1, 0.15) is 34.9 Å². The van der Waals surface area contributed by atoms with E-state index in [4.69, 9.17) is 11.6 Å². The number of ketones is 1. The maximum absolute atomic E-state index is 12.3. The molecule has 0 atom stereocenters. The molecule has 5 nitrogen and oxygen atoms in total. The van der Waals surface area contributed by atoms with Crippen molar-refractivity contribution in [3.05, 3.63) is 46.7 Å². The highest BCUT2D eigenvalue weighted by Crippen LogP contribution is 2.19. The number of nitrogens with one attached hydrogen (secondary N) is 1. The third-order valence-corrected chi connectivity index (χ3v) is 4.16. The molecule has 6 heteroatoms. The smallest absolute Gasteiger partial charge is 0.189 e. The molecule has 0 unspecified atom stereocenters. The second-order valence-electron chi connectivity index (χ2n) is 5.26. The van der Waals surface area contributed by atoms with Gasteiger partial charge in [0.25, 0.3) is 0 Å². The van der Waals surface area contributed by atoms with Crippen molar-refractivity contribution >= 4 is 17.4 Å². The molecule has 1 fully saturated rings. The summed E-state index contributed by atoms with van der Waals surface area (Å²) in [6.07, 6.45) is 4.04. The van der Waals surface area contributed by atoms with Gasteiger partial charge in [-0.15, -0.1) is 5.10 Å². The zero-order valence-electron chi connectivity index (χ0n) is 11.6. The Bertz CT molecular complexity index is 634. The molecule has 1 saturated heterocycles. The highest BCUT2D eigenvalue weighted by atomic mass is 35.5. The first-order chi connectivity index (χ1) is 10.2. The zero-order valence-corrected chi connectivity index (χ0v) is 12.4. The highest BCUT2D eigenvalue weighted by Gasteiger charge is 2.19. The van der Waals surface area contributed by atoms with Gasteiger partial charge in [-0.25, -0.2) is 4.68 Å². The van der Waals surface area contributed by atoms with Crippen LogP contribution in [0.5, 0.6) is 0 Å². The van der Waals surface area contributed by atoms with E-state index in [2.05, 4.69) is 15.6 Å². The van der Waals surface area contributed by atoms with Crippen molar-refractivity contribution in [3.63, 3.8) is 0 Å². The van der Waals surface area contributed by atoms with Crippen LogP contribution in [0.4, 0.5) is 0 Å². The molecule has 1 aromatic heterocycles. The Kier molecular flexibility index (Phi) is 4.31. The molecule has 1 N–H and O–H groups in total. The lowest BCUT2D eigenvalue weighted by Crippen LogP contribution is -2.29. The van der Waals surface area contributed by atoms with Gasteiger partial charge in [0, 0.05) is 11.4 Å². The van der Waals surface area contributed by atoms with E-state index in [1.165, 1.54) is 0 Å². The highest BCUT2D eigenvalue weighted by molar-refractivity contribution is 6.31. The van der Waals surface area contributed by atoms with E-state index >= 15 is 0 Å². The molecule has 110 valence electrons. The number of hydrogen-bond acceptors (Lipinski definition) is 4. The van der Waals surface area contributed by atoms with Crippen molar-refractivity contribution in [3.8, 4) is 0 Å². The van der Waals surface area contributed by atoms with Crippen molar-refractivity contribution in [1.29, 1.82) is 0 Å². The Labute approximate surface area is 128 Å². The first-order valence-electron chi connectivity index (χ1n) is 7.13. The molecule has 2 heterocycles. The van der Waals surface area contributed by atoms with Gasteiger partial charge in [0.2, 0.25) is 0 Å². The molecule has 0 bridgehead atoms. The van der Waals surface area contributed by atoms with Crippen molar-refractivity contribution in [2.24, 2.45) is 0 Å². The van der Waals surface area contributed by atoms with E-state index in [0.717, 1.165) is 31.5 Å². The number of hydrogen-bond donors (Lipinski definition) is 1. The first kappa shape index (κ1) is 14.2. The van der Waals surface area contributed by atoms with Crippen LogP contribution in [0.15, 0.2) is 30.5 Å². The number of Topliss-reactive ketones (excluding diaryl/α,β-unsaturated/α-hetero) is 1. The van der Waals surface area contributed by atoms with E-state index in [0.29, 0.717) is 16.8 Å². The van der Waals surface area contributed by atoms with Crippen LogP contribution < -0.4 is 5.32 Å². The van der Waals surface area contributed by atoms with Gasteiger partial charge < -0.3 is 5.32 Å². The minimum atomic E-state index is -0.0525. The van der Waals surface area contributed by atoms with E-state index in [-0.39, 0.29) is 12.2 Å². The number of halogens is 1. The molecule has 0 amide bonds. The zero-order chi connectivity index (χ0) is 14.7. The lowest BCUT2D eigenvalue weighted by atomic mass is 10.1. The van der Waals surface area contributed by atoms with Crippen LogP contribution in [-0.4, -0.2) is 33.9 Å². The summed E-state index contributed by atoms with van der Waals surface area (Å²) in [6.45, 7) is 1.96. The average Bonchev–Trinajstić information content (AvgIpc) is 3.00. The Morgan fingerprint density at radius 2 is 2.10 bits per heavy atom. The number of carbonyl (C=O) groups is 1. The number of rotatable bonds is 4. The van der Waals surface area contributed by atoms with Gasteiger partial charge in [0.1, 0.15) is 5.69 Å². The standard InChI is InChI=1S/C15H17ClN4O/c16-13-4-2-1-3-11(13)9-15(21)14-10-20(19-18-14)12-5-7-17-8-6-12/h1-4,10,12,17H,5-9H2. The summed E-state index contributed by atoms with van der Waals surface area (Å²) in [5, 5.41) is 12.0. The largest absolute Gasteiger partial charge is 0.317 e. The SMILES string of the molecule is O=C(Cc1ccccc1Cl)c1cn(C2CCNCC2)nn1. The fraction of sp³-hybridized carbons (Fsp3) is 0.400. The van der Waals surface area contributed by atoms with E-state index in [9.17, 15) is 4.79 Å². The van der Waals surface area contributed by atoms with Crippen LogP contribution in [0, 0.1) is 0 Å². The fourth-order valence-electron chi connectivity index (χ4n) is 2.56. The molecular formula is C15H17ClN4O. The van der Waals surface area contributed by atoms with Crippen molar-refractivity contribution in [2.75, 3.05) is 13.1 Å². The third-order valence-electron chi connectivity index (χ3n) is 3.79. The van der Waals surface area contributed by atoms with Crippen LogP contribution in [0.2, 0.25) is 5.02 Å². The maximum Gasteiger partial charge on any atom is 0.189 e. The molecule has 21 heavy (non-hydrogen) atoms. The third kappa shape index (κ3) is 3.31. The average molecular weight is 305 g/mol. The van der Waals surface area contributed by atoms with E-state index in [1.807, 2.05) is 22.9 Å². The van der Waals surface area contributed by atoms with Crippen LogP contribution in [-0.2, 0) is 6.42 Å². The predicted octanol–water partition coefficient (Wildman–Crippen LogP) is 2.28. The van der Waals surface area contributed by atoms with Gasteiger partial charge in [-0.1, -0.05) is 35.0 Å². The van der Waals surface area contributed by atoms with Gasteiger partial charge in [-0.2, -0.15) is 0 Å². The first-order valence-corrected chi connectivity index (χ1v) is 7.51. The van der Waals surface area contributed by atoms with E-state index < -0.39 is 0 Å². The minimum absolute atomic E-state index is 0.0525. The predicted molar refractivity (Wildman–Crippen MR) is 80.6 cm³/mol. The number of piperidine rings is 1. The molecular weight excluding hydrogens is 288 g/mol. The summed E-state index contributed by atoms with van der Waals surface area (Å²) < 4.78 is 1.82. The molecule has 0 aliphatic carbocycles. The fourth-order valence-corrected chi connectivity index (χ4v) is 2.76. The Balaban J connectivity index is 1.71. The topological polar surface area (TPSA) is 59.8 Å². The summed E-state index contributed by atoms with van der Waals surface area (Å²) in [5.74, 6) is -0.0525. The number of nitrogens with zero attached hydrogens (tertiary/aromatic N) is 3. The monoisotopic (exact) mass is 304 g/mol. The molecule has 0 spiro atoms. The second-order valence-corrected chi connectivity index (χ2v) is 5.66. The van der Waals surface area contributed by atoms with Crippen LogP contribution in [0.3, 0.4) is 0 Å². The number of aromatic nitrogens is 3. The maximum atomic E-state index is 12.3. The number of carbonyl (C=O) groups excluding carboxylic acids is 1. The van der Waals surface area contributed by atoms with Gasteiger partial charge in [0.15, 0.2) is 5.78 Å². The molecule has 1 aliphatic heterocycles. The van der Waals surface area contributed by atoms with Gasteiger partial charge in [-0.05, 0) is 37.6 Å². The van der Waals surface area contributed by atoms with Gasteiger partial charge in [-0.3, -0.25) is 4.79 Å². The summed E-state index contributed by atoms with van der Waals surface area (Å²) in [7, 11) is 0. The van der Waals surface area contributed by atoms with Gasteiger partial charge in [0.05, 0.1) is 12.2 Å². The summed E-state index contributed by atoms with van der Waals surface area (Å²) in [5.41, 5.74) is 1.23. The summed E-state index contributed by atoms with van der Waals surface area (Å²) in [6, 6.07) is 7.71. The Morgan fingerprint density at radius 1 is 1.33 bits per heavy atom. The lowest BCUT2D eigenvalue weighted by Gasteiger charge is -2.22. The van der Waals surface area contributed by atoms with Gasteiger partial charge >= 0.3 is 0 Å². The lowest BCUT2D eigenvalue weighted by molar-refractivity contribution is 0.0988. The molecule has 1 aliphatic rings. The molecule has 3 rings (SSSR count). The van der Waals surface area contributed by atoms with Crippen molar-refractivity contribution in [2.45, 2.75) is 25.3 Å². The summed E-state index contributed by atoms with van der Waals surface area (Å²) >= 11 is 6.08. The number of benzene rings is 1. The molecule has 2 aromatic rings. The van der Waals surface area contributed by atoms with Crippen LogP contribution in [0.25, 0.3) is 0 Å². The molecule has 0 saturated carbocycles. The Morgan fingerprint density at radius 3 is 2.86 bits per heavy atom.